The predicted octanol–water partition coefficient (Wildman–Crippen LogP) is -0.195. The quantitative estimate of drug-likeness (QED) is 0.543. The summed E-state index contributed by atoms with van der Waals surface area (Å²) in [5.41, 5.74) is 0. The molecule has 0 heterocycles. The molecule has 0 saturated heterocycles. The highest BCUT2D eigenvalue weighted by Gasteiger charge is 2.03. The maximum absolute atomic E-state index is 11.0. The number of nitrogens with one attached hydrogen (secondary N) is 2. The third-order valence-electron chi connectivity index (χ3n) is 1.30. The van der Waals surface area contributed by atoms with Gasteiger partial charge in [0, 0.05) is 6.54 Å². The number of hydrogen-bond acceptors (Lipinski definition) is 3. The highest BCUT2D eigenvalue weighted by molar-refractivity contribution is 7.81. The maximum Gasteiger partial charge on any atom is 0.239 e. The molecule has 0 aromatic rings. The van der Waals surface area contributed by atoms with E-state index in [2.05, 4.69) is 23.3 Å². The molecule has 0 aliphatic heterocycles. The summed E-state index contributed by atoms with van der Waals surface area (Å²) in [6.45, 7) is 4.68. The second-order valence-electron chi connectivity index (χ2n) is 3.13. The molecule has 0 unspecified atom stereocenters. The van der Waals surface area contributed by atoms with Crippen LogP contribution in [0.1, 0.15) is 13.8 Å². The van der Waals surface area contributed by atoms with Gasteiger partial charge in [-0.15, -0.1) is 0 Å². The van der Waals surface area contributed by atoms with Gasteiger partial charge in [0.2, 0.25) is 11.8 Å². The van der Waals surface area contributed by atoms with Gasteiger partial charge in [-0.2, -0.15) is 12.6 Å². The maximum atomic E-state index is 11.0. The molecule has 0 aromatic heterocycles. The molecular weight excluding hydrogens is 188 g/mol. The van der Waals surface area contributed by atoms with Crippen molar-refractivity contribution in [3.63, 3.8) is 0 Å². The second-order valence-corrected chi connectivity index (χ2v) is 3.45. The first-order valence-electron chi connectivity index (χ1n) is 4.20. The van der Waals surface area contributed by atoms with E-state index in [1.54, 1.807) is 0 Å². The fourth-order valence-corrected chi connectivity index (χ4v) is 0.727. The Balaban J connectivity index is 3.46. The summed E-state index contributed by atoms with van der Waals surface area (Å²) < 4.78 is 0. The molecule has 0 aliphatic carbocycles. The number of hydrogen-bond donors (Lipinski definition) is 3. The summed E-state index contributed by atoms with van der Waals surface area (Å²) in [4.78, 5) is 21.7. The van der Waals surface area contributed by atoms with Crippen molar-refractivity contribution < 1.29 is 9.59 Å². The summed E-state index contributed by atoms with van der Waals surface area (Å²) in [6, 6.07) is 0. The SMILES string of the molecule is CC(C)CNC(=O)CNC(=O)CS. The van der Waals surface area contributed by atoms with E-state index in [1.807, 2.05) is 13.8 Å². The Kier molecular flexibility index (Phi) is 6.40. The minimum atomic E-state index is -0.233. The zero-order valence-corrected chi connectivity index (χ0v) is 8.86. The van der Waals surface area contributed by atoms with Crippen LogP contribution >= 0.6 is 12.6 Å². The molecule has 2 amide bonds. The highest BCUT2D eigenvalue weighted by atomic mass is 32.1. The predicted molar refractivity (Wildman–Crippen MR) is 54.7 cm³/mol. The van der Waals surface area contributed by atoms with Gasteiger partial charge in [0.15, 0.2) is 0 Å². The van der Waals surface area contributed by atoms with Gasteiger partial charge in [-0.1, -0.05) is 13.8 Å². The molecule has 0 bridgehead atoms. The average Bonchev–Trinajstić information content (AvgIpc) is 2.10. The molecular formula is C8H16N2O2S. The molecule has 0 saturated carbocycles. The average molecular weight is 204 g/mol. The lowest BCUT2D eigenvalue weighted by atomic mass is 10.2. The normalized spacial score (nSPS) is 9.85. The Bertz CT molecular complexity index is 183. The molecule has 76 valence electrons. The zero-order chi connectivity index (χ0) is 10.3. The lowest BCUT2D eigenvalue weighted by molar-refractivity contribution is -0.124. The van der Waals surface area contributed by atoms with E-state index in [1.165, 1.54) is 0 Å². The first kappa shape index (κ1) is 12.3. The largest absolute Gasteiger partial charge is 0.354 e. The summed E-state index contributed by atoms with van der Waals surface area (Å²) in [6.07, 6.45) is 0. The van der Waals surface area contributed by atoms with E-state index in [0.717, 1.165) is 0 Å². The second kappa shape index (κ2) is 6.77. The van der Waals surface area contributed by atoms with Gasteiger partial charge in [0.1, 0.15) is 0 Å². The standard InChI is InChI=1S/C8H16N2O2S/c1-6(2)3-9-7(11)4-10-8(12)5-13/h6,13H,3-5H2,1-2H3,(H,9,11)(H,10,12). The smallest absolute Gasteiger partial charge is 0.239 e. The van der Waals surface area contributed by atoms with Gasteiger partial charge in [-0.05, 0) is 5.92 Å². The minimum absolute atomic E-state index is 0.0338. The molecule has 0 rings (SSSR count). The van der Waals surface area contributed by atoms with Crippen molar-refractivity contribution in [2.75, 3.05) is 18.8 Å². The number of rotatable bonds is 5. The first-order valence-corrected chi connectivity index (χ1v) is 4.83. The van der Waals surface area contributed by atoms with Crippen molar-refractivity contribution in [2.45, 2.75) is 13.8 Å². The topological polar surface area (TPSA) is 58.2 Å². The van der Waals surface area contributed by atoms with Crippen molar-refractivity contribution in [3.05, 3.63) is 0 Å². The first-order chi connectivity index (χ1) is 6.06. The fourth-order valence-electron chi connectivity index (χ4n) is 0.615. The molecule has 2 N–H and O–H groups in total. The van der Waals surface area contributed by atoms with Gasteiger partial charge < -0.3 is 10.6 Å². The van der Waals surface area contributed by atoms with Crippen molar-refractivity contribution in [3.8, 4) is 0 Å². The van der Waals surface area contributed by atoms with Crippen molar-refractivity contribution in [1.82, 2.24) is 10.6 Å². The Morgan fingerprint density at radius 3 is 2.31 bits per heavy atom. The van der Waals surface area contributed by atoms with Gasteiger partial charge in [-0.25, -0.2) is 0 Å². The van der Waals surface area contributed by atoms with Gasteiger partial charge in [0.05, 0.1) is 12.3 Å². The third-order valence-corrected chi connectivity index (χ3v) is 1.58. The van der Waals surface area contributed by atoms with Crippen LogP contribution in [0.5, 0.6) is 0 Å². The Morgan fingerprint density at radius 2 is 1.85 bits per heavy atom. The van der Waals surface area contributed by atoms with Gasteiger partial charge in [0.25, 0.3) is 0 Å². The molecule has 0 spiro atoms. The van der Waals surface area contributed by atoms with Crippen LogP contribution in [0.25, 0.3) is 0 Å². The number of carbonyl (C=O) groups is 2. The summed E-state index contributed by atoms with van der Waals surface area (Å²) >= 11 is 3.76. The van der Waals surface area contributed by atoms with Crippen LogP contribution in [-0.2, 0) is 9.59 Å². The molecule has 13 heavy (non-hydrogen) atoms. The molecule has 0 atom stereocenters. The molecule has 4 nitrogen and oxygen atoms in total. The van der Waals surface area contributed by atoms with Crippen LogP contribution in [0.3, 0.4) is 0 Å². The van der Waals surface area contributed by atoms with Crippen molar-refractivity contribution >= 4 is 24.4 Å². The number of thiol groups is 1. The Morgan fingerprint density at radius 1 is 1.23 bits per heavy atom. The lowest BCUT2D eigenvalue weighted by Gasteiger charge is -2.07. The van der Waals surface area contributed by atoms with E-state index in [4.69, 9.17) is 0 Å². The molecule has 0 aliphatic rings. The third kappa shape index (κ3) is 7.64. The summed E-state index contributed by atoms with van der Waals surface area (Å²) in [5, 5.41) is 5.11. The molecule has 0 radical (unpaired) electrons. The Hall–Kier alpha value is -0.710. The van der Waals surface area contributed by atoms with Crippen LogP contribution < -0.4 is 10.6 Å². The molecule has 5 heteroatoms. The number of carbonyl (C=O) groups excluding carboxylic acids is 2. The lowest BCUT2D eigenvalue weighted by Crippen LogP contribution is -2.38. The summed E-state index contributed by atoms with van der Waals surface area (Å²) in [7, 11) is 0. The van der Waals surface area contributed by atoms with Gasteiger partial charge >= 0.3 is 0 Å². The highest BCUT2D eigenvalue weighted by Crippen LogP contribution is 1.86. The van der Waals surface area contributed by atoms with E-state index in [9.17, 15) is 9.59 Å². The zero-order valence-electron chi connectivity index (χ0n) is 7.96. The van der Waals surface area contributed by atoms with Crippen molar-refractivity contribution in [2.24, 2.45) is 5.92 Å². The summed E-state index contributed by atoms with van der Waals surface area (Å²) in [5.74, 6) is 0.133. The van der Waals surface area contributed by atoms with E-state index in [-0.39, 0.29) is 24.1 Å². The van der Waals surface area contributed by atoms with E-state index >= 15 is 0 Å². The van der Waals surface area contributed by atoms with E-state index in [0.29, 0.717) is 12.5 Å². The number of amides is 2. The molecule has 0 aromatic carbocycles. The van der Waals surface area contributed by atoms with E-state index < -0.39 is 0 Å². The molecule has 0 fully saturated rings. The van der Waals surface area contributed by atoms with Crippen molar-refractivity contribution in [1.29, 1.82) is 0 Å². The Labute approximate surface area is 83.9 Å². The fraction of sp³-hybridized carbons (Fsp3) is 0.750. The van der Waals surface area contributed by atoms with Crippen LogP contribution in [0, 0.1) is 5.92 Å². The van der Waals surface area contributed by atoms with Crippen LogP contribution in [0.2, 0.25) is 0 Å². The van der Waals surface area contributed by atoms with Gasteiger partial charge in [-0.3, -0.25) is 9.59 Å². The van der Waals surface area contributed by atoms with Crippen LogP contribution in [0.4, 0.5) is 0 Å². The van der Waals surface area contributed by atoms with Crippen LogP contribution in [-0.4, -0.2) is 30.7 Å². The van der Waals surface area contributed by atoms with Crippen LogP contribution in [0.15, 0.2) is 0 Å². The minimum Gasteiger partial charge on any atom is -0.354 e. The monoisotopic (exact) mass is 204 g/mol.